The van der Waals surface area contributed by atoms with E-state index in [-0.39, 0.29) is 0 Å². The average Bonchev–Trinajstić information content (AvgIpc) is 3.42. The van der Waals surface area contributed by atoms with Gasteiger partial charge in [-0.25, -0.2) is 9.97 Å². The fourth-order valence-electron chi connectivity index (χ4n) is 3.48. The average molecular weight is 350 g/mol. The maximum Gasteiger partial charge on any atom is 0.137 e. The molecular formula is C21H14N6. The van der Waals surface area contributed by atoms with Crippen LogP contribution in [0.25, 0.3) is 39.2 Å². The Labute approximate surface area is 154 Å². The molecule has 0 N–H and O–H groups in total. The van der Waals surface area contributed by atoms with Gasteiger partial charge in [-0.3, -0.25) is 4.98 Å². The number of fused-ring (bicyclic) bond motifs is 3. The summed E-state index contributed by atoms with van der Waals surface area (Å²) in [5.41, 5.74) is 7.04. The molecule has 0 spiro atoms. The Morgan fingerprint density at radius 1 is 0.667 bits per heavy atom. The maximum atomic E-state index is 4.63. The molecule has 6 heterocycles. The SMILES string of the molecule is c1cc2cc(-c3cc4cnc(-c5cc6ncccn6c5)cn4c3)ncn2c1. The van der Waals surface area contributed by atoms with Crippen molar-refractivity contribution < 1.29 is 0 Å². The normalized spacial score (nSPS) is 11.7. The van der Waals surface area contributed by atoms with Gasteiger partial charge in [-0.1, -0.05) is 0 Å². The van der Waals surface area contributed by atoms with Gasteiger partial charge in [0.05, 0.1) is 29.4 Å². The second-order valence-electron chi connectivity index (χ2n) is 6.56. The highest BCUT2D eigenvalue weighted by Gasteiger charge is 2.09. The zero-order valence-electron chi connectivity index (χ0n) is 14.3. The maximum absolute atomic E-state index is 4.63. The fourth-order valence-corrected chi connectivity index (χ4v) is 3.48. The molecule has 0 aliphatic rings. The number of rotatable bonds is 2. The summed E-state index contributed by atoms with van der Waals surface area (Å²) in [5, 5.41) is 0. The van der Waals surface area contributed by atoms with E-state index in [1.165, 1.54) is 0 Å². The third-order valence-electron chi connectivity index (χ3n) is 4.85. The van der Waals surface area contributed by atoms with Gasteiger partial charge >= 0.3 is 0 Å². The van der Waals surface area contributed by atoms with E-state index in [0.717, 1.165) is 39.2 Å². The lowest BCUT2D eigenvalue weighted by Crippen LogP contribution is -1.88. The minimum Gasteiger partial charge on any atom is -0.320 e. The standard InChI is InChI=1S/C21H14N6/c1-3-17-9-19(24-14-26(17)5-1)15-7-18-10-23-20(13-27(18)12-15)16-8-21-22-4-2-6-25(21)11-16/h1-14H. The van der Waals surface area contributed by atoms with Gasteiger partial charge in [-0.15, -0.1) is 0 Å². The van der Waals surface area contributed by atoms with Crippen molar-refractivity contribution >= 4 is 16.7 Å². The lowest BCUT2D eigenvalue weighted by molar-refractivity contribution is 1.10. The van der Waals surface area contributed by atoms with Crippen molar-refractivity contribution in [2.45, 2.75) is 0 Å². The molecule has 0 atom stereocenters. The first-order valence-electron chi connectivity index (χ1n) is 8.67. The van der Waals surface area contributed by atoms with E-state index in [2.05, 4.69) is 43.7 Å². The van der Waals surface area contributed by atoms with Crippen molar-refractivity contribution in [3.8, 4) is 22.5 Å². The monoisotopic (exact) mass is 350 g/mol. The van der Waals surface area contributed by atoms with Crippen LogP contribution in [0.1, 0.15) is 0 Å². The second kappa shape index (κ2) is 5.28. The zero-order chi connectivity index (χ0) is 17.8. The van der Waals surface area contributed by atoms with E-state index in [1.807, 2.05) is 64.3 Å². The Morgan fingerprint density at radius 2 is 1.56 bits per heavy atom. The van der Waals surface area contributed by atoms with Crippen LogP contribution in [0, 0.1) is 0 Å². The Kier molecular flexibility index (Phi) is 2.79. The molecule has 0 unspecified atom stereocenters. The Bertz CT molecular complexity index is 1400. The third-order valence-corrected chi connectivity index (χ3v) is 4.85. The van der Waals surface area contributed by atoms with Gasteiger partial charge in [0.15, 0.2) is 0 Å². The first-order chi connectivity index (χ1) is 13.3. The Morgan fingerprint density at radius 3 is 2.52 bits per heavy atom. The Hall–Kier alpha value is -3.93. The van der Waals surface area contributed by atoms with Crippen LogP contribution >= 0.6 is 0 Å². The smallest absolute Gasteiger partial charge is 0.137 e. The molecule has 0 bridgehead atoms. The first kappa shape index (κ1) is 14.3. The highest BCUT2D eigenvalue weighted by molar-refractivity contribution is 5.72. The van der Waals surface area contributed by atoms with E-state index in [9.17, 15) is 0 Å². The molecule has 27 heavy (non-hydrogen) atoms. The number of hydrogen-bond acceptors (Lipinski definition) is 3. The van der Waals surface area contributed by atoms with Crippen LogP contribution in [0.5, 0.6) is 0 Å². The fraction of sp³-hybridized carbons (Fsp3) is 0. The number of aromatic nitrogens is 6. The molecule has 128 valence electrons. The van der Waals surface area contributed by atoms with Crippen LogP contribution < -0.4 is 0 Å². The van der Waals surface area contributed by atoms with Crippen molar-refractivity contribution in [1.82, 2.24) is 28.2 Å². The summed E-state index contributed by atoms with van der Waals surface area (Å²) in [5.74, 6) is 0. The van der Waals surface area contributed by atoms with E-state index >= 15 is 0 Å². The highest BCUT2D eigenvalue weighted by Crippen LogP contribution is 2.25. The first-order valence-corrected chi connectivity index (χ1v) is 8.67. The summed E-state index contributed by atoms with van der Waals surface area (Å²) >= 11 is 0. The summed E-state index contributed by atoms with van der Waals surface area (Å²) in [4.78, 5) is 13.6. The van der Waals surface area contributed by atoms with Crippen LogP contribution in [0.4, 0.5) is 0 Å². The van der Waals surface area contributed by atoms with Gasteiger partial charge in [-0.2, -0.15) is 0 Å². The van der Waals surface area contributed by atoms with Gasteiger partial charge < -0.3 is 13.2 Å². The topological polar surface area (TPSA) is 51.9 Å². The molecule has 6 heteroatoms. The van der Waals surface area contributed by atoms with E-state index in [4.69, 9.17) is 0 Å². The van der Waals surface area contributed by atoms with Crippen molar-refractivity contribution in [3.63, 3.8) is 0 Å². The third kappa shape index (κ3) is 2.23. The summed E-state index contributed by atoms with van der Waals surface area (Å²) in [6.45, 7) is 0. The molecule has 6 rings (SSSR count). The number of hydrogen-bond donors (Lipinski definition) is 0. The summed E-state index contributed by atoms with van der Waals surface area (Å²) in [6.07, 6.45) is 15.7. The van der Waals surface area contributed by atoms with Crippen LogP contribution in [-0.4, -0.2) is 28.2 Å². The van der Waals surface area contributed by atoms with Crippen molar-refractivity contribution in [3.05, 3.63) is 86.1 Å². The molecule has 0 saturated heterocycles. The van der Waals surface area contributed by atoms with Crippen LogP contribution in [0.15, 0.2) is 86.1 Å². The highest BCUT2D eigenvalue weighted by atomic mass is 15.0. The molecular weight excluding hydrogens is 336 g/mol. The second-order valence-corrected chi connectivity index (χ2v) is 6.56. The molecule has 0 radical (unpaired) electrons. The predicted molar refractivity (Wildman–Crippen MR) is 104 cm³/mol. The molecule has 0 aliphatic heterocycles. The van der Waals surface area contributed by atoms with Gasteiger partial charge in [0.2, 0.25) is 0 Å². The molecule has 0 fully saturated rings. The van der Waals surface area contributed by atoms with E-state index in [0.29, 0.717) is 0 Å². The molecule has 6 aromatic rings. The lowest BCUT2D eigenvalue weighted by Gasteiger charge is -1.99. The van der Waals surface area contributed by atoms with Crippen LogP contribution in [0.2, 0.25) is 0 Å². The number of nitrogens with zero attached hydrogens (tertiary/aromatic N) is 6. The van der Waals surface area contributed by atoms with E-state index in [1.54, 1.807) is 6.20 Å². The van der Waals surface area contributed by atoms with Gasteiger partial charge in [0, 0.05) is 53.8 Å². The molecule has 6 nitrogen and oxygen atoms in total. The van der Waals surface area contributed by atoms with Gasteiger partial charge in [0.25, 0.3) is 0 Å². The quantitative estimate of drug-likeness (QED) is 0.475. The lowest BCUT2D eigenvalue weighted by atomic mass is 10.2. The largest absolute Gasteiger partial charge is 0.320 e. The summed E-state index contributed by atoms with van der Waals surface area (Å²) in [7, 11) is 0. The summed E-state index contributed by atoms with van der Waals surface area (Å²) in [6, 6.07) is 12.3. The molecule has 6 aromatic heterocycles. The predicted octanol–water partition coefficient (Wildman–Crippen LogP) is 3.96. The van der Waals surface area contributed by atoms with Crippen molar-refractivity contribution in [2.75, 3.05) is 0 Å². The summed E-state index contributed by atoms with van der Waals surface area (Å²) < 4.78 is 6.10. The zero-order valence-corrected chi connectivity index (χ0v) is 14.3. The minimum atomic E-state index is 0.908. The van der Waals surface area contributed by atoms with Gasteiger partial charge in [-0.05, 0) is 36.4 Å². The minimum absolute atomic E-state index is 0.908. The van der Waals surface area contributed by atoms with Crippen molar-refractivity contribution in [1.29, 1.82) is 0 Å². The molecule has 0 aromatic carbocycles. The van der Waals surface area contributed by atoms with E-state index < -0.39 is 0 Å². The Balaban J connectivity index is 1.46. The van der Waals surface area contributed by atoms with Crippen LogP contribution in [-0.2, 0) is 0 Å². The van der Waals surface area contributed by atoms with Gasteiger partial charge in [0.1, 0.15) is 5.65 Å². The molecule has 0 amide bonds. The van der Waals surface area contributed by atoms with Crippen LogP contribution in [0.3, 0.4) is 0 Å². The molecule has 0 aliphatic carbocycles. The van der Waals surface area contributed by atoms with Crippen molar-refractivity contribution in [2.24, 2.45) is 0 Å². The molecule has 0 saturated carbocycles.